The molecule has 0 saturated carbocycles. The molecule has 0 aliphatic carbocycles. The molecule has 0 amide bonds. The molecule has 0 saturated heterocycles. The van der Waals surface area contributed by atoms with Gasteiger partial charge in [-0.15, -0.1) is 0 Å². The lowest BCUT2D eigenvalue weighted by Gasteiger charge is -2.02. The Morgan fingerprint density at radius 2 is 2.29 bits per heavy atom. The van der Waals surface area contributed by atoms with Crippen LogP contribution < -0.4 is 5.32 Å². The first kappa shape index (κ1) is 11.9. The van der Waals surface area contributed by atoms with Gasteiger partial charge in [-0.1, -0.05) is 0 Å². The van der Waals surface area contributed by atoms with Gasteiger partial charge in [-0.2, -0.15) is 0 Å². The maximum atomic E-state index is 5.40. The lowest BCUT2D eigenvalue weighted by Crippen LogP contribution is -2.19. The van der Waals surface area contributed by atoms with Crippen molar-refractivity contribution in [3.63, 3.8) is 0 Å². The van der Waals surface area contributed by atoms with E-state index in [0.29, 0.717) is 13.2 Å². The zero-order valence-electron chi connectivity index (χ0n) is 10.0. The molecule has 0 radical (unpaired) electrons. The van der Waals surface area contributed by atoms with Crippen LogP contribution in [0.2, 0.25) is 0 Å². The van der Waals surface area contributed by atoms with Crippen LogP contribution in [0.3, 0.4) is 0 Å². The fourth-order valence-corrected chi connectivity index (χ4v) is 1.62. The molecular weight excluding hydrogens is 220 g/mol. The molecule has 0 aliphatic rings. The Hall–Kier alpha value is -1.59. The first-order valence-electron chi connectivity index (χ1n) is 5.49. The second-order valence-electron chi connectivity index (χ2n) is 3.69. The van der Waals surface area contributed by atoms with Gasteiger partial charge in [-0.25, -0.2) is 4.98 Å². The fraction of sp³-hybridized carbons (Fsp3) is 0.417. The zero-order chi connectivity index (χ0) is 12.1. The van der Waals surface area contributed by atoms with Crippen LogP contribution in [0, 0.1) is 6.92 Å². The second kappa shape index (κ2) is 5.65. The molecular formula is C12H16N2O3. The number of hydrogen-bond donors (Lipinski definition) is 1. The highest BCUT2D eigenvalue weighted by Crippen LogP contribution is 2.26. The number of furan rings is 1. The third kappa shape index (κ3) is 2.75. The monoisotopic (exact) mass is 236 g/mol. The third-order valence-electron chi connectivity index (χ3n) is 2.52. The fourth-order valence-electron chi connectivity index (χ4n) is 1.62. The van der Waals surface area contributed by atoms with Crippen molar-refractivity contribution in [1.29, 1.82) is 0 Å². The Kier molecular flexibility index (Phi) is 3.95. The van der Waals surface area contributed by atoms with E-state index in [-0.39, 0.29) is 0 Å². The summed E-state index contributed by atoms with van der Waals surface area (Å²) < 4.78 is 15.6. The van der Waals surface area contributed by atoms with Crippen molar-refractivity contribution >= 4 is 0 Å². The van der Waals surface area contributed by atoms with E-state index in [0.717, 1.165) is 29.3 Å². The number of aryl methyl sites for hydroxylation is 1. The van der Waals surface area contributed by atoms with Crippen molar-refractivity contribution in [1.82, 2.24) is 10.3 Å². The van der Waals surface area contributed by atoms with E-state index in [1.165, 1.54) is 6.39 Å². The Morgan fingerprint density at radius 3 is 3.00 bits per heavy atom. The highest BCUT2D eigenvalue weighted by molar-refractivity contribution is 5.61. The molecule has 5 heteroatoms. The van der Waals surface area contributed by atoms with Crippen LogP contribution in [0.15, 0.2) is 27.6 Å². The van der Waals surface area contributed by atoms with Crippen molar-refractivity contribution in [3.8, 4) is 11.3 Å². The van der Waals surface area contributed by atoms with Crippen molar-refractivity contribution < 1.29 is 13.6 Å². The van der Waals surface area contributed by atoms with E-state index in [4.69, 9.17) is 13.6 Å². The van der Waals surface area contributed by atoms with Crippen LogP contribution >= 0.6 is 0 Å². The van der Waals surface area contributed by atoms with Crippen LogP contribution in [0.4, 0.5) is 0 Å². The Morgan fingerprint density at radius 1 is 1.41 bits per heavy atom. The molecule has 0 aromatic carbocycles. The van der Waals surface area contributed by atoms with Gasteiger partial charge in [0.25, 0.3) is 0 Å². The standard InChI is InChI=1S/C12H16N2O3/c1-9-10(3-5-16-9)12-11(14-8-17-12)7-13-4-6-15-2/h3,5,8,13H,4,6-7H2,1-2H3. The maximum Gasteiger partial charge on any atom is 0.181 e. The number of oxazole rings is 1. The van der Waals surface area contributed by atoms with Gasteiger partial charge in [0.2, 0.25) is 0 Å². The molecule has 0 unspecified atom stereocenters. The minimum atomic E-state index is 0.653. The molecule has 5 nitrogen and oxygen atoms in total. The number of hydrogen-bond acceptors (Lipinski definition) is 5. The van der Waals surface area contributed by atoms with Crippen molar-refractivity contribution in [2.75, 3.05) is 20.3 Å². The molecule has 0 spiro atoms. The lowest BCUT2D eigenvalue weighted by atomic mass is 10.1. The van der Waals surface area contributed by atoms with Crippen molar-refractivity contribution in [3.05, 3.63) is 30.2 Å². The number of ether oxygens (including phenoxy) is 1. The van der Waals surface area contributed by atoms with Gasteiger partial charge >= 0.3 is 0 Å². The number of rotatable bonds is 6. The van der Waals surface area contributed by atoms with E-state index in [2.05, 4.69) is 10.3 Å². The van der Waals surface area contributed by atoms with E-state index in [1.54, 1.807) is 13.4 Å². The molecule has 1 N–H and O–H groups in total. The summed E-state index contributed by atoms with van der Waals surface area (Å²) in [6.07, 6.45) is 3.10. The largest absolute Gasteiger partial charge is 0.469 e. The molecule has 2 heterocycles. The molecule has 2 aromatic rings. The van der Waals surface area contributed by atoms with E-state index in [1.807, 2.05) is 13.0 Å². The Labute approximate surface area is 99.8 Å². The summed E-state index contributed by atoms with van der Waals surface area (Å²) in [4.78, 5) is 4.20. The number of methoxy groups -OCH3 is 1. The SMILES string of the molecule is COCCNCc1ncoc1-c1ccoc1C. The topological polar surface area (TPSA) is 60.4 Å². The average molecular weight is 236 g/mol. The normalized spacial score (nSPS) is 10.9. The van der Waals surface area contributed by atoms with E-state index in [9.17, 15) is 0 Å². The molecule has 2 aromatic heterocycles. The first-order valence-corrected chi connectivity index (χ1v) is 5.49. The van der Waals surface area contributed by atoms with Crippen molar-refractivity contribution in [2.45, 2.75) is 13.5 Å². The van der Waals surface area contributed by atoms with Gasteiger partial charge in [-0.05, 0) is 13.0 Å². The van der Waals surface area contributed by atoms with Crippen molar-refractivity contribution in [2.24, 2.45) is 0 Å². The Bertz CT molecular complexity index is 462. The molecule has 92 valence electrons. The minimum Gasteiger partial charge on any atom is -0.469 e. The first-order chi connectivity index (χ1) is 8.33. The van der Waals surface area contributed by atoms with Gasteiger partial charge in [0, 0.05) is 20.2 Å². The summed E-state index contributed by atoms with van der Waals surface area (Å²) in [5, 5.41) is 3.23. The van der Waals surface area contributed by atoms with Crippen LogP contribution in [-0.2, 0) is 11.3 Å². The van der Waals surface area contributed by atoms with Gasteiger partial charge in [0.05, 0.1) is 18.4 Å². The Balaban J connectivity index is 2.05. The molecule has 2 rings (SSSR count). The van der Waals surface area contributed by atoms with E-state index >= 15 is 0 Å². The molecule has 17 heavy (non-hydrogen) atoms. The van der Waals surface area contributed by atoms with Gasteiger partial charge < -0.3 is 18.9 Å². The quantitative estimate of drug-likeness (QED) is 0.777. The van der Waals surface area contributed by atoms with Crippen LogP contribution in [0.1, 0.15) is 11.5 Å². The van der Waals surface area contributed by atoms with Crippen LogP contribution in [0.25, 0.3) is 11.3 Å². The summed E-state index contributed by atoms with van der Waals surface area (Å²) in [6.45, 7) is 4.02. The lowest BCUT2D eigenvalue weighted by molar-refractivity contribution is 0.199. The van der Waals surface area contributed by atoms with Crippen LogP contribution in [0.5, 0.6) is 0 Å². The molecule has 0 bridgehead atoms. The minimum absolute atomic E-state index is 0.653. The number of nitrogens with one attached hydrogen (secondary N) is 1. The second-order valence-corrected chi connectivity index (χ2v) is 3.69. The summed E-state index contributed by atoms with van der Waals surface area (Å²) in [6, 6.07) is 1.88. The highest BCUT2D eigenvalue weighted by Gasteiger charge is 2.14. The van der Waals surface area contributed by atoms with Gasteiger partial charge in [0.15, 0.2) is 12.2 Å². The number of nitrogens with zero attached hydrogens (tertiary/aromatic N) is 1. The summed E-state index contributed by atoms with van der Waals surface area (Å²) in [5.74, 6) is 1.60. The van der Waals surface area contributed by atoms with Gasteiger partial charge in [-0.3, -0.25) is 0 Å². The molecule has 0 aliphatic heterocycles. The molecule has 0 atom stereocenters. The maximum absolute atomic E-state index is 5.40. The van der Waals surface area contributed by atoms with E-state index < -0.39 is 0 Å². The third-order valence-corrected chi connectivity index (χ3v) is 2.52. The highest BCUT2D eigenvalue weighted by atomic mass is 16.5. The summed E-state index contributed by atoms with van der Waals surface area (Å²) >= 11 is 0. The predicted molar refractivity (Wildman–Crippen MR) is 62.5 cm³/mol. The summed E-state index contributed by atoms with van der Waals surface area (Å²) in [5.41, 5.74) is 1.83. The van der Waals surface area contributed by atoms with Gasteiger partial charge in [0.1, 0.15) is 11.5 Å². The number of aromatic nitrogens is 1. The summed E-state index contributed by atoms with van der Waals surface area (Å²) in [7, 11) is 1.68. The van der Waals surface area contributed by atoms with Crippen LogP contribution in [-0.4, -0.2) is 25.2 Å². The smallest absolute Gasteiger partial charge is 0.181 e. The molecule has 0 fully saturated rings. The zero-order valence-corrected chi connectivity index (χ0v) is 10.0. The average Bonchev–Trinajstić information content (AvgIpc) is 2.93. The predicted octanol–water partition coefficient (Wildman–Crippen LogP) is 1.98.